The first-order valence-corrected chi connectivity index (χ1v) is 5.97. The maximum absolute atomic E-state index is 13.7. The van der Waals surface area contributed by atoms with Gasteiger partial charge in [0.05, 0.1) is 5.69 Å². The molecular formula is C14H14ClFN2. The number of halogens is 2. The van der Waals surface area contributed by atoms with Crippen molar-refractivity contribution in [1.29, 1.82) is 0 Å². The summed E-state index contributed by atoms with van der Waals surface area (Å²) in [5, 5.41) is 0.511. The lowest BCUT2D eigenvalue weighted by molar-refractivity contribution is 0.627. The third-order valence-corrected chi connectivity index (χ3v) is 3.06. The van der Waals surface area contributed by atoms with E-state index in [2.05, 4.69) is 0 Å². The van der Waals surface area contributed by atoms with Gasteiger partial charge in [-0.2, -0.15) is 0 Å². The van der Waals surface area contributed by atoms with Crippen LogP contribution in [-0.4, -0.2) is 7.05 Å². The van der Waals surface area contributed by atoms with Crippen molar-refractivity contribution >= 4 is 23.0 Å². The molecule has 18 heavy (non-hydrogen) atoms. The Kier molecular flexibility index (Phi) is 3.84. The minimum Gasteiger partial charge on any atom is -0.342 e. The summed E-state index contributed by atoms with van der Waals surface area (Å²) in [5.41, 5.74) is 7.91. The van der Waals surface area contributed by atoms with Crippen LogP contribution in [0, 0.1) is 5.82 Å². The largest absolute Gasteiger partial charge is 0.342 e. The monoisotopic (exact) mass is 264 g/mol. The van der Waals surface area contributed by atoms with E-state index in [1.165, 1.54) is 12.1 Å². The van der Waals surface area contributed by atoms with Gasteiger partial charge in [0.2, 0.25) is 0 Å². The SMILES string of the molecule is CN(c1ccc(CN)cc1)c1cc(Cl)ccc1F. The van der Waals surface area contributed by atoms with Gasteiger partial charge in [-0.1, -0.05) is 23.7 Å². The molecule has 0 amide bonds. The summed E-state index contributed by atoms with van der Waals surface area (Å²) < 4.78 is 13.7. The quantitative estimate of drug-likeness (QED) is 0.916. The summed E-state index contributed by atoms with van der Waals surface area (Å²) in [6.07, 6.45) is 0. The molecule has 2 N–H and O–H groups in total. The minimum absolute atomic E-state index is 0.301. The molecule has 0 saturated heterocycles. The standard InChI is InChI=1S/C14H14ClFN2/c1-18(12-5-2-10(9-17)3-6-12)14-8-11(15)4-7-13(14)16/h2-8H,9,17H2,1H3. The Bertz CT molecular complexity index is 540. The maximum Gasteiger partial charge on any atom is 0.146 e. The summed E-state index contributed by atoms with van der Waals surface area (Å²) >= 11 is 5.89. The molecule has 4 heteroatoms. The van der Waals surface area contributed by atoms with Crippen molar-refractivity contribution in [3.05, 3.63) is 58.9 Å². The van der Waals surface area contributed by atoms with Gasteiger partial charge in [0.1, 0.15) is 5.82 Å². The van der Waals surface area contributed by atoms with E-state index >= 15 is 0 Å². The first-order chi connectivity index (χ1) is 8.61. The summed E-state index contributed by atoms with van der Waals surface area (Å²) in [6.45, 7) is 0.496. The van der Waals surface area contributed by atoms with Gasteiger partial charge in [0.25, 0.3) is 0 Å². The number of hydrogen-bond acceptors (Lipinski definition) is 2. The number of benzene rings is 2. The molecule has 0 fully saturated rings. The number of hydrogen-bond donors (Lipinski definition) is 1. The van der Waals surface area contributed by atoms with E-state index in [-0.39, 0.29) is 5.82 Å². The highest BCUT2D eigenvalue weighted by Crippen LogP contribution is 2.28. The summed E-state index contributed by atoms with van der Waals surface area (Å²) in [7, 11) is 1.80. The smallest absolute Gasteiger partial charge is 0.146 e. The fraction of sp³-hybridized carbons (Fsp3) is 0.143. The zero-order valence-corrected chi connectivity index (χ0v) is 10.8. The molecule has 0 atom stereocenters. The van der Waals surface area contributed by atoms with Gasteiger partial charge in [-0.3, -0.25) is 0 Å². The predicted molar refractivity (Wildman–Crippen MR) is 73.8 cm³/mol. The Hall–Kier alpha value is -1.58. The fourth-order valence-electron chi connectivity index (χ4n) is 1.74. The van der Waals surface area contributed by atoms with Crippen molar-refractivity contribution in [1.82, 2.24) is 0 Å². The van der Waals surface area contributed by atoms with E-state index in [1.807, 2.05) is 24.3 Å². The van der Waals surface area contributed by atoms with Crippen molar-refractivity contribution in [3.8, 4) is 0 Å². The second-order valence-electron chi connectivity index (χ2n) is 4.03. The second-order valence-corrected chi connectivity index (χ2v) is 4.46. The van der Waals surface area contributed by atoms with Gasteiger partial charge in [-0.15, -0.1) is 0 Å². The third kappa shape index (κ3) is 2.63. The predicted octanol–water partition coefficient (Wildman–Crippen LogP) is 3.71. The Morgan fingerprint density at radius 3 is 2.44 bits per heavy atom. The first-order valence-electron chi connectivity index (χ1n) is 5.59. The van der Waals surface area contributed by atoms with Crippen LogP contribution in [0.1, 0.15) is 5.56 Å². The van der Waals surface area contributed by atoms with Gasteiger partial charge in [0.15, 0.2) is 0 Å². The molecule has 0 unspecified atom stereocenters. The number of nitrogens with two attached hydrogens (primary N) is 1. The van der Waals surface area contributed by atoms with Crippen molar-refractivity contribution in [2.24, 2.45) is 5.73 Å². The van der Waals surface area contributed by atoms with E-state index in [1.54, 1.807) is 18.0 Å². The molecule has 2 nitrogen and oxygen atoms in total. The number of rotatable bonds is 3. The average Bonchev–Trinajstić information content (AvgIpc) is 2.41. The van der Waals surface area contributed by atoms with Gasteiger partial charge < -0.3 is 10.6 Å². The lowest BCUT2D eigenvalue weighted by Gasteiger charge is -2.20. The zero-order valence-electron chi connectivity index (χ0n) is 10.0. The van der Waals surface area contributed by atoms with Crippen LogP contribution >= 0.6 is 11.6 Å². The third-order valence-electron chi connectivity index (χ3n) is 2.83. The van der Waals surface area contributed by atoms with Gasteiger partial charge in [-0.05, 0) is 35.9 Å². The lowest BCUT2D eigenvalue weighted by atomic mass is 10.2. The van der Waals surface area contributed by atoms with Crippen molar-refractivity contribution in [2.45, 2.75) is 6.54 Å². The fourth-order valence-corrected chi connectivity index (χ4v) is 1.90. The summed E-state index contributed by atoms with van der Waals surface area (Å²) in [5.74, 6) is -0.301. The minimum atomic E-state index is -0.301. The van der Waals surface area contributed by atoms with Crippen molar-refractivity contribution in [2.75, 3.05) is 11.9 Å². The average molecular weight is 265 g/mol. The first kappa shape index (κ1) is 12.9. The van der Waals surface area contributed by atoms with Crippen LogP contribution in [-0.2, 0) is 6.54 Å². The van der Waals surface area contributed by atoms with Gasteiger partial charge in [-0.25, -0.2) is 4.39 Å². The molecule has 0 aliphatic heterocycles. The van der Waals surface area contributed by atoms with E-state index in [4.69, 9.17) is 17.3 Å². The molecule has 2 rings (SSSR count). The van der Waals surface area contributed by atoms with E-state index in [9.17, 15) is 4.39 Å². The molecule has 0 bridgehead atoms. The van der Waals surface area contributed by atoms with Crippen LogP contribution in [0.3, 0.4) is 0 Å². The second kappa shape index (κ2) is 5.38. The molecule has 0 spiro atoms. The van der Waals surface area contributed by atoms with Crippen LogP contribution in [0.15, 0.2) is 42.5 Å². The number of anilines is 2. The van der Waals surface area contributed by atoms with E-state index in [0.29, 0.717) is 17.3 Å². The summed E-state index contributed by atoms with van der Waals surface area (Å²) in [6, 6.07) is 12.2. The van der Waals surface area contributed by atoms with Crippen LogP contribution in [0.2, 0.25) is 5.02 Å². The normalized spacial score (nSPS) is 10.4. The van der Waals surface area contributed by atoms with E-state index in [0.717, 1.165) is 11.3 Å². The Balaban J connectivity index is 2.34. The van der Waals surface area contributed by atoms with Crippen LogP contribution in [0.25, 0.3) is 0 Å². The lowest BCUT2D eigenvalue weighted by Crippen LogP contribution is -2.11. The Morgan fingerprint density at radius 2 is 1.83 bits per heavy atom. The molecule has 0 saturated carbocycles. The maximum atomic E-state index is 13.7. The number of nitrogens with zero attached hydrogens (tertiary/aromatic N) is 1. The molecule has 2 aromatic rings. The Labute approximate surface area is 111 Å². The highest BCUT2D eigenvalue weighted by atomic mass is 35.5. The topological polar surface area (TPSA) is 29.3 Å². The molecule has 94 valence electrons. The summed E-state index contributed by atoms with van der Waals surface area (Å²) in [4.78, 5) is 1.75. The highest BCUT2D eigenvalue weighted by molar-refractivity contribution is 6.30. The van der Waals surface area contributed by atoms with Crippen molar-refractivity contribution < 1.29 is 4.39 Å². The molecule has 0 aliphatic rings. The molecule has 0 radical (unpaired) electrons. The molecular weight excluding hydrogens is 251 g/mol. The molecule has 0 aliphatic carbocycles. The molecule has 0 aromatic heterocycles. The molecule has 0 heterocycles. The van der Waals surface area contributed by atoms with Crippen LogP contribution in [0.4, 0.5) is 15.8 Å². The highest BCUT2D eigenvalue weighted by Gasteiger charge is 2.09. The van der Waals surface area contributed by atoms with Crippen LogP contribution < -0.4 is 10.6 Å². The zero-order chi connectivity index (χ0) is 13.1. The van der Waals surface area contributed by atoms with Crippen LogP contribution in [0.5, 0.6) is 0 Å². The van der Waals surface area contributed by atoms with Crippen molar-refractivity contribution in [3.63, 3.8) is 0 Å². The van der Waals surface area contributed by atoms with Gasteiger partial charge >= 0.3 is 0 Å². The van der Waals surface area contributed by atoms with E-state index < -0.39 is 0 Å². The van der Waals surface area contributed by atoms with Gasteiger partial charge in [0, 0.05) is 24.3 Å². The Morgan fingerprint density at radius 1 is 1.17 bits per heavy atom. The molecule has 2 aromatic carbocycles.